The first-order valence-electron chi connectivity index (χ1n) is 5.13. The van der Waals surface area contributed by atoms with Crippen LogP contribution in [-0.4, -0.2) is 15.7 Å². The minimum atomic E-state index is -0.135. The zero-order chi connectivity index (χ0) is 12.4. The third-order valence-electron chi connectivity index (χ3n) is 2.48. The summed E-state index contributed by atoms with van der Waals surface area (Å²) in [4.78, 5) is 12.0. The van der Waals surface area contributed by atoms with Gasteiger partial charge in [-0.05, 0) is 30.7 Å². The second-order valence-electron chi connectivity index (χ2n) is 3.76. The molecule has 0 aliphatic heterocycles. The van der Waals surface area contributed by atoms with Crippen molar-refractivity contribution in [2.75, 3.05) is 5.32 Å². The number of rotatable bonds is 2. The van der Waals surface area contributed by atoms with Crippen LogP contribution in [0.5, 0.6) is 0 Å². The van der Waals surface area contributed by atoms with Gasteiger partial charge in [-0.2, -0.15) is 5.10 Å². The first-order chi connectivity index (χ1) is 8.08. The summed E-state index contributed by atoms with van der Waals surface area (Å²) in [6.45, 7) is 1.95. The third kappa shape index (κ3) is 2.55. The lowest BCUT2D eigenvalue weighted by molar-refractivity contribution is 0.102. The zero-order valence-electron chi connectivity index (χ0n) is 9.57. The monoisotopic (exact) mass is 293 g/mol. The fourth-order valence-corrected chi connectivity index (χ4v) is 1.72. The Morgan fingerprint density at radius 2 is 2.18 bits per heavy atom. The highest BCUT2D eigenvalue weighted by Gasteiger charge is 2.09. The summed E-state index contributed by atoms with van der Waals surface area (Å²) >= 11 is 3.40. The van der Waals surface area contributed by atoms with Crippen molar-refractivity contribution in [1.82, 2.24) is 9.78 Å². The fraction of sp³-hybridized carbons (Fsp3) is 0.167. The molecule has 1 N–H and O–H groups in total. The molecule has 1 aromatic heterocycles. The first-order valence-corrected chi connectivity index (χ1v) is 5.93. The molecular weight excluding hydrogens is 282 g/mol. The van der Waals surface area contributed by atoms with Crippen LogP contribution in [0.25, 0.3) is 0 Å². The lowest BCUT2D eigenvalue weighted by atomic mass is 10.1. The summed E-state index contributed by atoms with van der Waals surface area (Å²) in [6.07, 6.45) is 1.64. The maximum atomic E-state index is 12.0. The number of benzene rings is 1. The van der Waals surface area contributed by atoms with Crippen LogP contribution in [0.3, 0.4) is 0 Å². The van der Waals surface area contributed by atoms with Crippen molar-refractivity contribution in [2.45, 2.75) is 6.92 Å². The summed E-state index contributed by atoms with van der Waals surface area (Å²) in [6, 6.07) is 7.25. The van der Waals surface area contributed by atoms with Crippen LogP contribution in [0, 0.1) is 6.92 Å². The number of carbonyl (C=O) groups is 1. The van der Waals surface area contributed by atoms with Crippen molar-refractivity contribution >= 4 is 27.7 Å². The van der Waals surface area contributed by atoms with E-state index in [2.05, 4.69) is 26.3 Å². The largest absolute Gasteiger partial charge is 0.307 e. The molecule has 0 aliphatic rings. The Bertz CT molecular complexity index is 563. The van der Waals surface area contributed by atoms with E-state index in [1.807, 2.05) is 19.1 Å². The van der Waals surface area contributed by atoms with E-state index in [0.717, 1.165) is 10.0 Å². The van der Waals surface area contributed by atoms with Crippen molar-refractivity contribution in [1.29, 1.82) is 0 Å². The third-order valence-corrected chi connectivity index (χ3v) is 3.37. The normalized spacial score (nSPS) is 10.3. The molecule has 0 radical (unpaired) electrons. The van der Waals surface area contributed by atoms with Gasteiger partial charge < -0.3 is 5.32 Å². The van der Waals surface area contributed by atoms with Gasteiger partial charge in [0, 0.05) is 23.2 Å². The highest BCUT2D eigenvalue weighted by atomic mass is 79.9. The average Bonchev–Trinajstić information content (AvgIpc) is 2.68. The second-order valence-corrected chi connectivity index (χ2v) is 4.61. The van der Waals surface area contributed by atoms with Crippen LogP contribution in [0.1, 0.15) is 15.9 Å². The molecule has 0 unspecified atom stereocenters. The van der Waals surface area contributed by atoms with Gasteiger partial charge in [-0.1, -0.05) is 15.9 Å². The lowest BCUT2D eigenvalue weighted by Crippen LogP contribution is -2.14. The zero-order valence-corrected chi connectivity index (χ0v) is 11.2. The molecule has 0 spiro atoms. The molecule has 0 fully saturated rings. The molecule has 0 atom stereocenters. The van der Waals surface area contributed by atoms with Gasteiger partial charge in [0.15, 0.2) is 0 Å². The Kier molecular flexibility index (Phi) is 3.28. The predicted octanol–water partition coefficient (Wildman–Crippen LogP) is 2.74. The van der Waals surface area contributed by atoms with Crippen LogP contribution in [0.4, 0.5) is 5.82 Å². The van der Waals surface area contributed by atoms with Gasteiger partial charge in [0.2, 0.25) is 0 Å². The molecule has 17 heavy (non-hydrogen) atoms. The highest BCUT2D eigenvalue weighted by Crippen LogP contribution is 2.17. The van der Waals surface area contributed by atoms with E-state index in [0.29, 0.717) is 11.4 Å². The SMILES string of the molecule is Cc1cc(C(=O)Nc2ccnn2C)ccc1Br. The molecule has 0 aliphatic carbocycles. The summed E-state index contributed by atoms with van der Waals surface area (Å²) in [7, 11) is 1.78. The lowest BCUT2D eigenvalue weighted by Gasteiger charge is -2.06. The number of carbonyl (C=O) groups excluding carboxylic acids is 1. The van der Waals surface area contributed by atoms with E-state index in [1.165, 1.54) is 0 Å². The average molecular weight is 294 g/mol. The number of hydrogen-bond donors (Lipinski definition) is 1. The van der Waals surface area contributed by atoms with Gasteiger partial charge in [0.05, 0.1) is 6.20 Å². The van der Waals surface area contributed by atoms with Gasteiger partial charge in [-0.3, -0.25) is 9.48 Å². The van der Waals surface area contributed by atoms with Crippen LogP contribution >= 0.6 is 15.9 Å². The number of aromatic nitrogens is 2. The van der Waals surface area contributed by atoms with Crippen molar-refractivity contribution < 1.29 is 4.79 Å². The van der Waals surface area contributed by atoms with Gasteiger partial charge >= 0.3 is 0 Å². The molecule has 1 amide bonds. The van der Waals surface area contributed by atoms with Gasteiger partial charge in [0.25, 0.3) is 5.91 Å². The van der Waals surface area contributed by atoms with Gasteiger partial charge in [-0.25, -0.2) is 0 Å². The number of halogens is 1. The molecule has 0 bridgehead atoms. The van der Waals surface area contributed by atoms with Crippen LogP contribution < -0.4 is 5.32 Å². The molecule has 4 nitrogen and oxygen atoms in total. The second kappa shape index (κ2) is 4.71. The molecule has 0 saturated carbocycles. The number of nitrogens with one attached hydrogen (secondary N) is 1. The molecule has 5 heteroatoms. The topological polar surface area (TPSA) is 46.9 Å². The Balaban J connectivity index is 2.20. The standard InChI is InChI=1S/C12H12BrN3O/c1-8-7-9(3-4-10(8)13)12(17)15-11-5-6-14-16(11)2/h3-7H,1-2H3,(H,15,17). The first kappa shape index (κ1) is 11.9. The summed E-state index contributed by atoms with van der Waals surface area (Å²) < 4.78 is 2.61. The molecule has 1 heterocycles. The molecule has 88 valence electrons. The van der Waals surface area contributed by atoms with Crippen molar-refractivity contribution in [3.63, 3.8) is 0 Å². The Labute approximate surface area is 108 Å². The van der Waals surface area contributed by atoms with E-state index < -0.39 is 0 Å². The van der Waals surface area contributed by atoms with E-state index in [9.17, 15) is 4.79 Å². The molecule has 0 saturated heterocycles. The van der Waals surface area contributed by atoms with E-state index in [-0.39, 0.29) is 5.91 Å². The minimum absolute atomic E-state index is 0.135. The van der Waals surface area contributed by atoms with E-state index in [4.69, 9.17) is 0 Å². The fourth-order valence-electron chi connectivity index (χ4n) is 1.47. The quantitative estimate of drug-likeness (QED) is 0.925. The number of anilines is 1. The van der Waals surface area contributed by atoms with Gasteiger partial charge in [0.1, 0.15) is 5.82 Å². The van der Waals surface area contributed by atoms with Crippen molar-refractivity contribution in [3.05, 3.63) is 46.1 Å². The smallest absolute Gasteiger partial charge is 0.256 e. The molecule has 2 aromatic rings. The summed E-state index contributed by atoms with van der Waals surface area (Å²) in [5, 5.41) is 6.79. The number of nitrogens with zero attached hydrogens (tertiary/aromatic N) is 2. The van der Waals surface area contributed by atoms with Gasteiger partial charge in [-0.15, -0.1) is 0 Å². The Morgan fingerprint density at radius 3 is 2.76 bits per heavy atom. The van der Waals surface area contributed by atoms with Crippen LogP contribution in [0.15, 0.2) is 34.9 Å². The predicted molar refractivity (Wildman–Crippen MR) is 70.0 cm³/mol. The molecule has 1 aromatic carbocycles. The van der Waals surface area contributed by atoms with E-state index in [1.54, 1.807) is 30.1 Å². The Morgan fingerprint density at radius 1 is 1.41 bits per heavy atom. The highest BCUT2D eigenvalue weighted by molar-refractivity contribution is 9.10. The maximum Gasteiger partial charge on any atom is 0.256 e. The van der Waals surface area contributed by atoms with Crippen LogP contribution in [0.2, 0.25) is 0 Å². The summed E-state index contributed by atoms with van der Waals surface area (Å²) in [5.74, 6) is 0.541. The minimum Gasteiger partial charge on any atom is -0.307 e. The number of amides is 1. The van der Waals surface area contributed by atoms with Crippen molar-refractivity contribution in [3.8, 4) is 0 Å². The number of aryl methyl sites for hydroxylation is 2. The number of hydrogen-bond acceptors (Lipinski definition) is 2. The summed E-state index contributed by atoms with van der Waals surface area (Å²) in [5.41, 5.74) is 1.66. The van der Waals surface area contributed by atoms with Crippen molar-refractivity contribution in [2.24, 2.45) is 7.05 Å². The van der Waals surface area contributed by atoms with E-state index >= 15 is 0 Å². The van der Waals surface area contributed by atoms with Crippen LogP contribution in [-0.2, 0) is 7.05 Å². The maximum absolute atomic E-state index is 12.0. The molecular formula is C12H12BrN3O. The Hall–Kier alpha value is -1.62. The molecule has 2 rings (SSSR count).